The highest BCUT2D eigenvalue weighted by molar-refractivity contribution is 5.69. The summed E-state index contributed by atoms with van der Waals surface area (Å²) in [7, 11) is 0. The Balaban J connectivity index is -0.000000282. The van der Waals surface area contributed by atoms with Gasteiger partial charge in [0.25, 0.3) is 0 Å². The first-order valence-corrected chi connectivity index (χ1v) is 7.42. The fourth-order valence-corrected chi connectivity index (χ4v) is 0.955. The van der Waals surface area contributed by atoms with Crippen molar-refractivity contribution in [2.75, 3.05) is 0 Å². The number of hydrogen-bond donors (Lipinski definition) is 3. The SMILES string of the molecule is CC(=O)OOC(C)=O.CC(C)(C)OO.CC(C)c1ccccc1.OO. The number of carbonyl (C=O) groups excluding carboxylic acids is 2. The van der Waals surface area contributed by atoms with Crippen LogP contribution in [-0.2, 0) is 24.3 Å². The largest absolute Gasteiger partial charge is 0.352 e. The Morgan fingerprint density at radius 1 is 0.920 bits per heavy atom. The molecule has 0 radical (unpaired) electrons. The van der Waals surface area contributed by atoms with Gasteiger partial charge in [-0.2, -0.15) is 0 Å². The molecule has 0 bridgehead atoms. The molecule has 8 nitrogen and oxygen atoms in total. The van der Waals surface area contributed by atoms with Crippen LogP contribution in [0.15, 0.2) is 30.3 Å². The molecule has 1 aromatic rings. The van der Waals surface area contributed by atoms with E-state index in [4.69, 9.17) is 15.8 Å². The lowest BCUT2D eigenvalue weighted by Crippen LogP contribution is -2.15. The van der Waals surface area contributed by atoms with E-state index in [2.05, 4.69) is 52.8 Å². The summed E-state index contributed by atoms with van der Waals surface area (Å²) < 4.78 is 0. The van der Waals surface area contributed by atoms with Crippen LogP contribution in [-0.4, -0.2) is 33.3 Å². The first kappa shape index (κ1) is 27.8. The molecule has 0 aliphatic rings. The number of hydrogen-bond acceptors (Lipinski definition) is 8. The van der Waals surface area contributed by atoms with Gasteiger partial charge in [0.05, 0.1) is 5.60 Å². The monoisotopic (exact) mass is 362 g/mol. The van der Waals surface area contributed by atoms with E-state index in [9.17, 15) is 9.59 Å². The van der Waals surface area contributed by atoms with Gasteiger partial charge in [0.15, 0.2) is 0 Å². The van der Waals surface area contributed by atoms with Gasteiger partial charge in [-0.25, -0.2) is 24.3 Å². The summed E-state index contributed by atoms with van der Waals surface area (Å²) in [5.41, 5.74) is 1.01. The lowest BCUT2D eigenvalue weighted by atomic mass is 10.0. The minimum Gasteiger partial charge on any atom is -0.255 e. The van der Waals surface area contributed by atoms with Crippen molar-refractivity contribution in [3.8, 4) is 0 Å². The number of benzene rings is 1. The number of rotatable bonds is 1. The van der Waals surface area contributed by atoms with Crippen molar-refractivity contribution in [1.82, 2.24) is 0 Å². The van der Waals surface area contributed by atoms with Gasteiger partial charge in [0.1, 0.15) is 0 Å². The maximum absolute atomic E-state index is 9.85. The molecule has 0 amide bonds. The van der Waals surface area contributed by atoms with Gasteiger partial charge in [-0.05, 0) is 32.3 Å². The summed E-state index contributed by atoms with van der Waals surface area (Å²) in [4.78, 5) is 31.3. The molecule has 8 heteroatoms. The molecule has 1 rings (SSSR count). The Morgan fingerprint density at radius 2 is 1.24 bits per heavy atom. The molecule has 0 saturated heterocycles. The van der Waals surface area contributed by atoms with Crippen molar-refractivity contribution >= 4 is 11.9 Å². The minimum atomic E-state index is -0.639. The average molecular weight is 362 g/mol. The van der Waals surface area contributed by atoms with E-state index in [1.54, 1.807) is 20.8 Å². The molecule has 0 aromatic heterocycles. The lowest BCUT2D eigenvalue weighted by Gasteiger charge is -2.10. The molecule has 3 N–H and O–H groups in total. The van der Waals surface area contributed by atoms with E-state index >= 15 is 0 Å². The predicted molar refractivity (Wildman–Crippen MR) is 92.8 cm³/mol. The van der Waals surface area contributed by atoms with Crippen LogP contribution in [0.4, 0.5) is 0 Å². The van der Waals surface area contributed by atoms with Crippen LogP contribution in [0, 0.1) is 0 Å². The van der Waals surface area contributed by atoms with E-state index < -0.39 is 17.5 Å². The van der Waals surface area contributed by atoms with E-state index in [1.807, 2.05) is 6.07 Å². The fraction of sp³-hybridized carbons (Fsp3) is 0.529. The Hall–Kier alpha value is -2.00. The van der Waals surface area contributed by atoms with Crippen molar-refractivity contribution in [3.05, 3.63) is 35.9 Å². The standard InChI is InChI=1S/C9H12.C4H6O4.C4H10O2.H2O2/c1-8(2)9-6-4-3-5-7-9;1-3(5)7-8-4(2)6;1-4(2,3)6-5;1-2/h3-8H,1-2H3;1-2H3;5H,1-3H3;1-2H. The third-order valence-corrected chi connectivity index (χ3v) is 2.02. The summed E-state index contributed by atoms with van der Waals surface area (Å²) in [6.45, 7) is 12.0. The molecule has 146 valence electrons. The third kappa shape index (κ3) is 27.2. The molecular weight excluding hydrogens is 332 g/mol. The van der Waals surface area contributed by atoms with Gasteiger partial charge >= 0.3 is 11.9 Å². The quantitative estimate of drug-likeness (QED) is 0.503. The van der Waals surface area contributed by atoms with Gasteiger partial charge in [-0.15, -0.1) is 0 Å². The van der Waals surface area contributed by atoms with Crippen molar-refractivity contribution in [1.29, 1.82) is 0 Å². The Morgan fingerprint density at radius 3 is 1.40 bits per heavy atom. The van der Waals surface area contributed by atoms with Gasteiger partial charge < -0.3 is 0 Å². The maximum Gasteiger partial charge on any atom is 0.352 e. The van der Waals surface area contributed by atoms with Gasteiger partial charge in [0, 0.05) is 13.8 Å². The molecule has 1 aromatic carbocycles. The van der Waals surface area contributed by atoms with Crippen LogP contribution < -0.4 is 0 Å². The molecule has 25 heavy (non-hydrogen) atoms. The van der Waals surface area contributed by atoms with Crippen LogP contribution in [0.5, 0.6) is 0 Å². The molecular formula is C17H30O8. The summed E-state index contributed by atoms with van der Waals surface area (Å²) in [5, 5.41) is 19.9. The summed E-state index contributed by atoms with van der Waals surface area (Å²) in [5.74, 6) is -0.619. The van der Waals surface area contributed by atoms with Crippen molar-refractivity contribution < 1.29 is 40.0 Å². The second-order valence-electron chi connectivity index (χ2n) is 5.92. The zero-order chi connectivity index (χ0) is 20.5. The highest BCUT2D eigenvalue weighted by atomic mass is 17.2. The zero-order valence-corrected chi connectivity index (χ0v) is 15.8. The van der Waals surface area contributed by atoms with Crippen LogP contribution in [0.25, 0.3) is 0 Å². The molecule has 0 saturated carbocycles. The van der Waals surface area contributed by atoms with Gasteiger partial charge in [-0.1, -0.05) is 44.2 Å². The number of carbonyl (C=O) groups is 2. The highest BCUT2D eigenvalue weighted by Gasteiger charge is 2.07. The summed E-state index contributed by atoms with van der Waals surface area (Å²) in [6.07, 6.45) is 0. The van der Waals surface area contributed by atoms with Crippen LogP contribution in [0.3, 0.4) is 0 Å². The van der Waals surface area contributed by atoms with Crippen LogP contribution in [0.1, 0.15) is 59.9 Å². The first-order valence-electron chi connectivity index (χ1n) is 7.42. The topological polar surface area (TPSA) is 123 Å². The fourth-order valence-electron chi connectivity index (χ4n) is 0.955. The Labute approximate surface area is 148 Å². The predicted octanol–water partition coefficient (Wildman–Crippen LogP) is 4.13. The lowest BCUT2D eigenvalue weighted by molar-refractivity contribution is -0.306. The van der Waals surface area contributed by atoms with Gasteiger partial charge in [-0.3, -0.25) is 15.8 Å². The zero-order valence-electron chi connectivity index (χ0n) is 15.8. The van der Waals surface area contributed by atoms with Crippen LogP contribution in [0.2, 0.25) is 0 Å². The Bertz CT molecular complexity index is 424. The average Bonchev–Trinajstić information content (AvgIpc) is 2.56. The molecule has 0 spiro atoms. The Kier molecular flexibility index (Phi) is 18.8. The summed E-state index contributed by atoms with van der Waals surface area (Å²) in [6, 6.07) is 10.5. The van der Waals surface area contributed by atoms with Crippen LogP contribution >= 0.6 is 0 Å². The van der Waals surface area contributed by atoms with Crippen molar-refractivity contribution in [3.63, 3.8) is 0 Å². The second-order valence-corrected chi connectivity index (χ2v) is 5.92. The molecule has 0 fully saturated rings. The molecule has 0 aliphatic carbocycles. The molecule has 0 aliphatic heterocycles. The van der Waals surface area contributed by atoms with E-state index in [0.29, 0.717) is 5.92 Å². The van der Waals surface area contributed by atoms with E-state index in [-0.39, 0.29) is 0 Å². The third-order valence-electron chi connectivity index (χ3n) is 2.02. The minimum absolute atomic E-state index is 0.403. The van der Waals surface area contributed by atoms with Crippen molar-refractivity contribution in [2.24, 2.45) is 0 Å². The first-order chi connectivity index (χ1) is 11.5. The second kappa shape index (κ2) is 16.8. The summed E-state index contributed by atoms with van der Waals surface area (Å²) >= 11 is 0. The molecule has 0 heterocycles. The van der Waals surface area contributed by atoms with E-state index in [1.165, 1.54) is 5.56 Å². The van der Waals surface area contributed by atoms with E-state index in [0.717, 1.165) is 13.8 Å². The maximum atomic E-state index is 9.85. The van der Waals surface area contributed by atoms with Gasteiger partial charge in [0.2, 0.25) is 0 Å². The molecule has 0 atom stereocenters. The smallest absolute Gasteiger partial charge is 0.255 e. The van der Waals surface area contributed by atoms with Crippen molar-refractivity contribution in [2.45, 2.75) is 60.0 Å². The highest BCUT2D eigenvalue weighted by Crippen LogP contribution is 2.11. The molecule has 0 unspecified atom stereocenters. The normalized spacial score (nSPS) is 9.24.